The second kappa shape index (κ2) is 4.93. The highest BCUT2D eigenvalue weighted by Crippen LogP contribution is 2.18. The highest BCUT2D eigenvalue weighted by molar-refractivity contribution is 7.86. The number of rotatable bonds is 3. The van der Waals surface area contributed by atoms with Crippen LogP contribution < -0.4 is 11.1 Å². The molecule has 0 fully saturated rings. The van der Waals surface area contributed by atoms with E-state index in [1.54, 1.807) is 31.2 Å². The summed E-state index contributed by atoms with van der Waals surface area (Å²) in [7, 11) is 0.111. The molecule has 1 aromatic rings. The molecule has 0 radical (unpaired) electrons. The average molecular weight is 226 g/mol. The van der Waals surface area contributed by atoms with Gasteiger partial charge < -0.3 is 11.1 Å². The maximum atomic E-state index is 11.9. The lowest BCUT2D eigenvalue weighted by Gasteiger charge is -2.11. The maximum Gasteiger partial charge on any atom is 0.235 e. The predicted molar refractivity (Wildman–Crippen MR) is 60.8 cm³/mol. The molecule has 0 aromatic heterocycles. The third-order valence-corrected chi connectivity index (χ3v) is 3.73. The highest BCUT2D eigenvalue weighted by Gasteiger charge is 2.21. The summed E-state index contributed by atoms with van der Waals surface area (Å²) in [6, 6.07) is 6.86. The molecule has 0 aliphatic rings. The number of hydrogen-bond donors (Lipinski definition) is 2. The molecule has 0 aliphatic heterocycles. The Labute approximate surface area is 91.3 Å². The van der Waals surface area contributed by atoms with Crippen molar-refractivity contribution in [1.29, 1.82) is 0 Å². The molecule has 0 bridgehead atoms. The van der Waals surface area contributed by atoms with Crippen molar-refractivity contribution in [2.75, 3.05) is 12.8 Å². The summed E-state index contributed by atoms with van der Waals surface area (Å²) in [5, 5.41) is 1.86. The molecule has 4 nitrogen and oxygen atoms in total. The molecule has 1 rings (SSSR count). The molecule has 2 atom stereocenters. The SMILES string of the molecule is CNC(=O)C(C)S(=O)c1ccccc1N. The lowest BCUT2D eigenvalue weighted by atomic mass is 10.3. The van der Waals surface area contributed by atoms with Crippen LogP contribution in [0.1, 0.15) is 6.92 Å². The molecule has 3 N–H and O–H groups in total. The van der Waals surface area contributed by atoms with Crippen LogP contribution in [0.3, 0.4) is 0 Å². The fraction of sp³-hybridized carbons (Fsp3) is 0.300. The van der Waals surface area contributed by atoms with Crippen LogP contribution in [0, 0.1) is 0 Å². The predicted octanol–water partition coefficient (Wildman–Crippen LogP) is 0.511. The lowest BCUT2D eigenvalue weighted by Crippen LogP contribution is -2.33. The minimum Gasteiger partial charge on any atom is -0.398 e. The van der Waals surface area contributed by atoms with Crippen LogP contribution in [0.4, 0.5) is 5.69 Å². The van der Waals surface area contributed by atoms with Crippen molar-refractivity contribution in [2.45, 2.75) is 17.1 Å². The van der Waals surface area contributed by atoms with Gasteiger partial charge in [0.25, 0.3) is 0 Å². The Balaban J connectivity index is 2.95. The molecule has 15 heavy (non-hydrogen) atoms. The molecule has 82 valence electrons. The van der Waals surface area contributed by atoms with E-state index in [0.717, 1.165) is 0 Å². The van der Waals surface area contributed by atoms with Crippen LogP contribution in [0.15, 0.2) is 29.2 Å². The maximum absolute atomic E-state index is 11.9. The molecule has 0 spiro atoms. The topological polar surface area (TPSA) is 72.2 Å². The Morgan fingerprint density at radius 1 is 1.47 bits per heavy atom. The minimum atomic E-state index is -1.41. The van der Waals surface area contributed by atoms with Gasteiger partial charge in [0.15, 0.2) is 0 Å². The van der Waals surface area contributed by atoms with Crippen LogP contribution in [0.25, 0.3) is 0 Å². The average Bonchev–Trinajstić information content (AvgIpc) is 2.26. The lowest BCUT2D eigenvalue weighted by molar-refractivity contribution is -0.119. The minimum absolute atomic E-state index is 0.253. The largest absolute Gasteiger partial charge is 0.398 e. The molecule has 5 heteroatoms. The summed E-state index contributed by atoms with van der Waals surface area (Å²) in [4.78, 5) is 11.8. The second-order valence-corrected chi connectivity index (χ2v) is 4.83. The van der Waals surface area contributed by atoms with Crippen molar-refractivity contribution in [3.8, 4) is 0 Å². The van der Waals surface area contributed by atoms with Crippen LogP contribution in [-0.4, -0.2) is 22.4 Å². The normalized spacial score (nSPS) is 14.3. The van der Waals surface area contributed by atoms with Crippen molar-refractivity contribution in [3.05, 3.63) is 24.3 Å². The van der Waals surface area contributed by atoms with Gasteiger partial charge in [-0.15, -0.1) is 0 Å². The van der Waals surface area contributed by atoms with Crippen LogP contribution in [0.5, 0.6) is 0 Å². The number of carbonyl (C=O) groups is 1. The van der Waals surface area contributed by atoms with Gasteiger partial charge in [-0.2, -0.15) is 0 Å². The molecular weight excluding hydrogens is 212 g/mol. The van der Waals surface area contributed by atoms with E-state index in [1.807, 2.05) is 0 Å². The summed E-state index contributed by atoms with van der Waals surface area (Å²) in [5.41, 5.74) is 6.13. The van der Waals surface area contributed by atoms with Gasteiger partial charge in [-0.25, -0.2) is 0 Å². The van der Waals surface area contributed by atoms with Crippen molar-refractivity contribution in [2.24, 2.45) is 0 Å². The molecule has 0 saturated heterocycles. The van der Waals surface area contributed by atoms with Gasteiger partial charge in [0, 0.05) is 12.7 Å². The van der Waals surface area contributed by atoms with Gasteiger partial charge in [-0.05, 0) is 19.1 Å². The zero-order valence-corrected chi connectivity index (χ0v) is 9.51. The Morgan fingerprint density at radius 3 is 2.60 bits per heavy atom. The van der Waals surface area contributed by atoms with Crippen LogP contribution in [0.2, 0.25) is 0 Å². The summed E-state index contributed by atoms with van der Waals surface area (Å²) >= 11 is 0. The molecule has 1 aromatic carbocycles. The molecule has 1 amide bonds. The van der Waals surface area contributed by atoms with Crippen molar-refractivity contribution >= 4 is 22.4 Å². The number of para-hydroxylation sites is 1. The first-order chi connectivity index (χ1) is 7.07. The molecule has 0 heterocycles. The van der Waals surface area contributed by atoms with E-state index in [1.165, 1.54) is 7.05 Å². The van der Waals surface area contributed by atoms with Gasteiger partial charge in [0.05, 0.1) is 15.7 Å². The van der Waals surface area contributed by atoms with Gasteiger partial charge >= 0.3 is 0 Å². The van der Waals surface area contributed by atoms with E-state index >= 15 is 0 Å². The number of nitrogens with one attached hydrogen (secondary N) is 1. The molecule has 2 unspecified atom stereocenters. The van der Waals surface area contributed by atoms with Crippen molar-refractivity contribution in [1.82, 2.24) is 5.32 Å². The van der Waals surface area contributed by atoms with E-state index < -0.39 is 16.0 Å². The number of benzene rings is 1. The molecule has 0 aliphatic carbocycles. The highest BCUT2D eigenvalue weighted by atomic mass is 32.2. The number of nitrogens with two attached hydrogens (primary N) is 1. The van der Waals surface area contributed by atoms with Gasteiger partial charge in [-0.3, -0.25) is 9.00 Å². The van der Waals surface area contributed by atoms with E-state index in [0.29, 0.717) is 10.6 Å². The third kappa shape index (κ3) is 2.56. The Morgan fingerprint density at radius 2 is 2.07 bits per heavy atom. The summed E-state index contributed by atoms with van der Waals surface area (Å²) in [6.07, 6.45) is 0. The first kappa shape index (κ1) is 11.7. The van der Waals surface area contributed by atoms with Gasteiger partial charge in [0.1, 0.15) is 5.25 Å². The van der Waals surface area contributed by atoms with Crippen molar-refractivity contribution in [3.63, 3.8) is 0 Å². The van der Waals surface area contributed by atoms with E-state index in [4.69, 9.17) is 5.73 Å². The van der Waals surface area contributed by atoms with E-state index in [2.05, 4.69) is 5.32 Å². The molecular formula is C10H14N2O2S. The smallest absolute Gasteiger partial charge is 0.235 e. The quantitative estimate of drug-likeness (QED) is 0.738. The van der Waals surface area contributed by atoms with E-state index in [-0.39, 0.29) is 5.91 Å². The number of amides is 1. The summed E-state index contributed by atoms with van der Waals surface area (Å²) in [6.45, 7) is 1.61. The Hall–Kier alpha value is -1.36. The fourth-order valence-corrected chi connectivity index (χ4v) is 2.36. The second-order valence-electron chi connectivity index (χ2n) is 3.09. The summed E-state index contributed by atoms with van der Waals surface area (Å²) in [5.74, 6) is -0.253. The Kier molecular flexibility index (Phi) is 3.85. The zero-order chi connectivity index (χ0) is 11.4. The Bertz CT molecular complexity index is 393. The fourth-order valence-electron chi connectivity index (χ4n) is 1.15. The third-order valence-electron chi connectivity index (χ3n) is 2.07. The first-order valence-corrected chi connectivity index (χ1v) is 5.76. The van der Waals surface area contributed by atoms with Crippen molar-refractivity contribution < 1.29 is 9.00 Å². The van der Waals surface area contributed by atoms with Gasteiger partial charge in [-0.1, -0.05) is 12.1 Å². The van der Waals surface area contributed by atoms with E-state index in [9.17, 15) is 9.00 Å². The number of hydrogen-bond acceptors (Lipinski definition) is 3. The monoisotopic (exact) mass is 226 g/mol. The standard InChI is InChI=1S/C10H14N2O2S/c1-7(10(13)12-2)15(14)9-6-4-3-5-8(9)11/h3-7H,11H2,1-2H3,(H,12,13). The zero-order valence-electron chi connectivity index (χ0n) is 8.69. The first-order valence-electron chi connectivity index (χ1n) is 4.54. The number of nitrogen functional groups attached to an aromatic ring is 1. The molecule has 0 saturated carbocycles. The summed E-state index contributed by atoms with van der Waals surface area (Å²) < 4.78 is 11.9. The van der Waals surface area contributed by atoms with Gasteiger partial charge in [0.2, 0.25) is 5.91 Å². The van der Waals surface area contributed by atoms with Crippen LogP contribution >= 0.6 is 0 Å². The number of anilines is 1. The van der Waals surface area contributed by atoms with Crippen LogP contribution in [-0.2, 0) is 15.6 Å². The number of carbonyl (C=O) groups excluding carboxylic acids is 1.